The molecule has 3 N–H and O–H groups in total. The van der Waals surface area contributed by atoms with Gasteiger partial charge in [0.15, 0.2) is 5.11 Å². The number of aromatic hydroxyl groups is 1. The molecule has 3 heterocycles. The number of hydrogen-bond donors (Lipinski definition) is 3. The summed E-state index contributed by atoms with van der Waals surface area (Å²) in [5, 5.41) is 16.9. The first-order valence-corrected chi connectivity index (χ1v) is 12.8. The Hall–Kier alpha value is -4.17. The van der Waals surface area contributed by atoms with Crippen LogP contribution in [0.2, 0.25) is 0 Å². The van der Waals surface area contributed by atoms with Crippen molar-refractivity contribution in [3.8, 4) is 11.4 Å². The largest absolute Gasteiger partial charge is 0.508 e. The lowest BCUT2D eigenvalue weighted by Crippen LogP contribution is -2.33. The van der Waals surface area contributed by atoms with Gasteiger partial charge in [-0.1, -0.05) is 31.2 Å². The molecule has 1 aliphatic heterocycles. The SMILES string of the molecule is CCc1ccccc1NC(=O)CCN1C(=S)N[C@@H](c2ccccn2)[C@@H]1c1cccn1-c1ccc(O)cc1. The molecule has 7 nitrogen and oxygen atoms in total. The number of benzene rings is 2. The van der Waals surface area contributed by atoms with Crippen LogP contribution in [0.5, 0.6) is 5.75 Å². The van der Waals surface area contributed by atoms with Crippen LogP contribution in [0.15, 0.2) is 91.3 Å². The smallest absolute Gasteiger partial charge is 0.226 e. The zero-order valence-corrected chi connectivity index (χ0v) is 21.4. The van der Waals surface area contributed by atoms with Crippen molar-refractivity contribution in [3.05, 3.63) is 108 Å². The topological polar surface area (TPSA) is 82.4 Å². The minimum atomic E-state index is -0.193. The molecule has 2 atom stereocenters. The van der Waals surface area contributed by atoms with Gasteiger partial charge in [0.2, 0.25) is 5.91 Å². The number of aryl methyl sites for hydroxylation is 1. The number of anilines is 1. The predicted molar refractivity (Wildman–Crippen MR) is 149 cm³/mol. The molecule has 0 radical (unpaired) electrons. The van der Waals surface area contributed by atoms with Crippen LogP contribution in [0.25, 0.3) is 5.69 Å². The summed E-state index contributed by atoms with van der Waals surface area (Å²) in [7, 11) is 0. The van der Waals surface area contributed by atoms with E-state index in [1.807, 2.05) is 66.9 Å². The second-order valence-electron chi connectivity index (χ2n) is 8.95. The molecule has 1 amide bonds. The van der Waals surface area contributed by atoms with Crippen LogP contribution in [0.4, 0.5) is 5.69 Å². The third-order valence-electron chi connectivity index (χ3n) is 6.66. The summed E-state index contributed by atoms with van der Waals surface area (Å²) in [6.45, 7) is 2.52. The molecule has 8 heteroatoms. The Kier molecular flexibility index (Phi) is 7.18. The summed E-state index contributed by atoms with van der Waals surface area (Å²) in [6, 6.07) is 24.5. The molecule has 0 spiro atoms. The van der Waals surface area contributed by atoms with Crippen LogP contribution in [0.3, 0.4) is 0 Å². The number of nitrogens with zero attached hydrogens (tertiary/aromatic N) is 3. The van der Waals surface area contributed by atoms with E-state index in [4.69, 9.17) is 12.2 Å². The molecule has 1 aliphatic rings. The number of aromatic nitrogens is 2. The zero-order valence-electron chi connectivity index (χ0n) is 20.5. The van der Waals surface area contributed by atoms with Crippen LogP contribution < -0.4 is 10.6 Å². The second-order valence-corrected chi connectivity index (χ2v) is 9.34. The number of thiocarbonyl (C=S) groups is 1. The van der Waals surface area contributed by atoms with Gasteiger partial charge in [-0.2, -0.15) is 0 Å². The van der Waals surface area contributed by atoms with Gasteiger partial charge >= 0.3 is 0 Å². The molecule has 2 aromatic carbocycles. The molecule has 0 saturated carbocycles. The molecule has 0 aliphatic carbocycles. The summed E-state index contributed by atoms with van der Waals surface area (Å²) < 4.78 is 2.08. The first-order chi connectivity index (χ1) is 18.0. The van der Waals surface area contributed by atoms with Gasteiger partial charge in [0, 0.05) is 42.4 Å². The average Bonchev–Trinajstić information content (AvgIpc) is 3.53. The van der Waals surface area contributed by atoms with E-state index in [-0.39, 0.29) is 30.2 Å². The Morgan fingerprint density at radius 3 is 2.59 bits per heavy atom. The number of phenolic OH excluding ortho intramolecular Hbond substituents is 1. The third-order valence-corrected chi connectivity index (χ3v) is 7.01. The normalized spacial score (nSPS) is 17.0. The summed E-state index contributed by atoms with van der Waals surface area (Å²) >= 11 is 5.78. The monoisotopic (exact) mass is 511 g/mol. The number of carbonyl (C=O) groups is 1. The first-order valence-electron chi connectivity index (χ1n) is 12.4. The van der Waals surface area contributed by atoms with Gasteiger partial charge in [0.1, 0.15) is 5.75 Å². The lowest BCUT2D eigenvalue weighted by molar-refractivity contribution is -0.116. The maximum absolute atomic E-state index is 13.0. The number of para-hydroxylation sites is 1. The average molecular weight is 512 g/mol. The Balaban J connectivity index is 1.43. The molecule has 188 valence electrons. The van der Waals surface area contributed by atoms with Crippen LogP contribution in [-0.2, 0) is 11.2 Å². The summed E-state index contributed by atoms with van der Waals surface area (Å²) in [4.78, 5) is 19.6. The number of amides is 1. The van der Waals surface area contributed by atoms with Crippen LogP contribution in [-0.4, -0.2) is 37.1 Å². The quantitative estimate of drug-likeness (QED) is 0.284. The van der Waals surface area contributed by atoms with E-state index in [0.717, 1.165) is 34.7 Å². The van der Waals surface area contributed by atoms with E-state index in [1.165, 1.54) is 0 Å². The maximum Gasteiger partial charge on any atom is 0.226 e. The highest BCUT2D eigenvalue weighted by Crippen LogP contribution is 2.39. The molecule has 2 aromatic heterocycles. The fraction of sp³-hybridized carbons (Fsp3) is 0.207. The van der Waals surface area contributed by atoms with Gasteiger partial charge in [-0.3, -0.25) is 9.78 Å². The van der Waals surface area contributed by atoms with Gasteiger partial charge in [0.05, 0.1) is 17.8 Å². The maximum atomic E-state index is 13.0. The number of carbonyl (C=O) groups excluding carboxylic acids is 1. The number of rotatable bonds is 8. The van der Waals surface area contributed by atoms with Crippen molar-refractivity contribution in [1.29, 1.82) is 0 Å². The van der Waals surface area contributed by atoms with Gasteiger partial charge in [-0.05, 0) is 78.8 Å². The Morgan fingerprint density at radius 1 is 1.05 bits per heavy atom. The van der Waals surface area contributed by atoms with Crippen LogP contribution >= 0.6 is 12.2 Å². The lowest BCUT2D eigenvalue weighted by Gasteiger charge is -2.29. The summed E-state index contributed by atoms with van der Waals surface area (Å²) in [5.41, 5.74) is 4.75. The van der Waals surface area contributed by atoms with Crippen molar-refractivity contribution in [2.24, 2.45) is 0 Å². The predicted octanol–water partition coefficient (Wildman–Crippen LogP) is 5.14. The van der Waals surface area contributed by atoms with Crippen LogP contribution in [0, 0.1) is 0 Å². The van der Waals surface area contributed by atoms with Crippen molar-refractivity contribution < 1.29 is 9.90 Å². The zero-order chi connectivity index (χ0) is 25.8. The molecule has 5 rings (SSSR count). The van der Waals surface area contributed by atoms with Gasteiger partial charge in [-0.25, -0.2) is 0 Å². The van der Waals surface area contributed by atoms with E-state index in [2.05, 4.69) is 38.1 Å². The molecular formula is C29H29N5O2S. The number of phenols is 1. The molecule has 0 bridgehead atoms. The minimum absolute atomic E-state index is 0.0577. The van der Waals surface area contributed by atoms with Crippen molar-refractivity contribution in [2.45, 2.75) is 31.8 Å². The fourth-order valence-electron chi connectivity index (χ4n) is 4.84. The Morgan fingerprint density at radius 2 is 1.84 bits per heavy atom. The van der Waals surface area contributed by atoms with E-state index < -0.39 is 0 Å². The van der Waals surface area contributed by atoms with Gasteiger partial charge in [-0.15, -0.1) is 0 Å². The molecule has 1 fully saturated rings. The number of nitrogens with one attached hydrogen (secondary N) is 2. The summed E-state index contributed by atoms with van der Waals surface area (Å²) in [6.07, 6.45) is 4.90. The van der Waals surface area contributed by atoms with E-state index in [9.17, 15) is 9.90 Å². The molecule has 0 unspecified atom stereocenters. The Bertz CT molecular complexity index is 1390. The van der Waals surface area contributed by atoms with Crippen molar-refractivity contribution in [1.82, 2.24) is 19.8 Å². The molecule has 4 aromatic rings. The van der Waals surface area contributed by atoms with Crippen molar-refractivity contribution >= 4 is 28.9 Å². The Labute approximate surface area is 221 Å². The molecule has 37 heavy (non-hydrogen) atoms. The number of pyridine rings is 1. The standard InChI is InChI=1S/C29H29N5O2S/c1-2-20-8-3-4-9-23(20)31-26(36)16-19-34-28(27(32-29(34)37)24-10-5-6-17-30-24)25-11-7-18-33(25)21-12-14-22(35)15-13-21/h3-15,17-18,27-28,35H,2,16,19H2,1H3,(H,31,36)(H,32,37)/t27-,28-/m0/s1. The second kappa shape index (κ2) is 10.8. The van der Waals surface area contributed by atoms with Gasteiger partial charge in [0.25, 0.3) is 0 Å². The van der Waals surface area contributed by atoms with Crippen molar-refractivity contribution in [3.63, 3.8) is 0 Å². The highest BCUT2D eigenvalue weighted by atomic mass is 32.1. The third kappa shape index (κ3) is 5.20. The molecular weight excluding hydrogens is 482 g/mol. The van der Waals surface area contributed by atoms with Crippen LogP contribution in [0.1, 0.15) is 42.4 Å². The first kappa shape index (κ1) is 24.5. The molecule has 1 saturated heterocycles. The fourth-order valence-corrected chi connectivity index (χ4v) is 5.17. The van der Waals surface area contributed by atoms with Gasteiger partial charge < -0.3 is 25.2 Å². The number of hydrogen-bond acceptors (Lipinski definition) is 4. The van der Waals surface area contributed by atoms with E-state index in [0.29, 0.717) is 11.7 Å². The summed E-state index contributed by atoms with van der Waals surface area (Å²) in [5.74, 6) is 0.155. The minimum Gasteiger partial charge on any atom is -0.508 e. The van der Waals surface area contributed by atoms with E-state index in [1.54, 1.807) is 18.3 Å². The lowest BCUT2D eigenvalue weighted by atomic mass is 10.0. The highest BCUT2D eigenvalue weighted by Gasteiger charge is 2.41. The van der Waals surface area contributed by atoms with E-state index >= 15 is 0 Å². The van der Waals surface area contributed by atoms with Crippen molar-refractivity contribution in [2.75, 3.05) is 11.9 Å². The highest BCUT2D eigenvalue weighted by molar-refractivity contribution is 7.80.